The van der Waals surface area contributed by atoms with Crippen LogP contribution in [0.25, 0.3) is 0 Å². The lowest BCUT2D eigenvalue weighted by atomic mass is 10.2. The molecule has 2 saturated heterocycles. The number of hydrogen-bond donors (Lipinski definition) is 1. The summed E-state index contributed by atoms with van der Waals surface area (Å²) in [4.78, 5) is 4.91. The van der Waals surface area contributed by atoms with E-state index in [0.717, 1.165) is 26.1 Å². The van der Waals surface area contributed by atoms with Crippen LogP contribution in [-0.4, -0.2) is 67.1 Å². The Morgan fingerprint density at radius 3 is 1.86 bits per heavy atom. The van der Waals surface area contributed by atoms with E-state index in [1.165, 1.54) is 64.5 Å². The van der Waals surface area contributed by atoms with Crippen molar-refractivity contribution in [3.8, 4) is 0 Å². The van der Waals surface area contributed by atoms with Crippen LogP contribution in [0.5, 0.6) is 0 Å². The molecule has 0 radical (unpaired) electrons. The standard InChI is InChI=1S/C17H34N2O2/c20-17(16-19-12-7-3-4-8-13-19)21-15-9-14-18-10-5-1-2-6-11-18/h17,20H,1-16H2. The number of likely N-dealkylation sites (tertiary alicyclic amines) is 2. The molecule has 124 valence electrons. The molecular weight excluding hydrogens is 264 g/mol. The van der Waals surface area contributed by atoms with Crippen molar-refractivity contribution >= 4 is 0 Å². The third-order valence-corrected chi connectivity index (χ3v) is 4.74. The molecule has 21 heavy (non-hydrogen) atoms. The average molecular weight is 298 g/mol. The second kappa shape index (κ2) is 10.5. The second-order valence-electron chi connectivity index (χ2n) is 6.65. The Morgan fingerprint density at radius 1 is 0.762 bits per heavy atom. The minimum absolute atomic E-state index is 0.604. The van der Waals surface area contributed by atoms with E-state index < -0.39 is 6.29 Å². The first kappa shape index (κ1) is 17.2. The van der Waals surface area contributed by atoms with E-state index in [-0.39, 0.29) is 0 Å². The van der Waals surface area contributed by atoms with E-state index >= 15 is 0 Å². The number of ether oxygens (including phenoxy) is 1. The molecule has 0 saturated carbocycles. The summed E-state index contributed by atoms with van der Waals surface area (Å²) in [6.07, 6.45) is 11.1. The molecule has 2 aliphatic rings. The zero-order valence-corrected chi connectivity index (χ0v) is 13.6. The molecule has 0 aromatic rings. The van der Waals surface area contributed by atoms with Gasteiger partial charge in [-0.1, -0.05) is 25.7 Å². The Labute approximate surface area is 130 Å². The lowest BCUT2D eigenvalue weighted by Crippen LogP contribution is -2.35. The van der Waals surface area contributed by atoms with Gasteiger partial charge in [0.05, 0.1) is 6.61 Å². The first-order valence-corrected chi connectivity index (χ1v) is 9.09. The molecule has 0 amide bonds. The van der Waals surface area contributed by atoms with Crippen molar-refractivity contribution in [2.45, 2.75) is 64.1 Å². The Bertz CT molecular complexity index is 247. The first-order chi connectivity index (χ1) is 10.3. The normalized spacial score (nSPS) is 24.4. The van der Waals surface area contributed by atoms with Crippen LogP contribution in [0.15, 0.2) is 0 Å². The smallest absolute Gasteiger partial charge is 0.167 e. The molecule has 0 aliphatic carbocycles. The van der Waals surface area contributed by atoms with Crippen LogP contribution in [0.2, 0.25) is 0 Å². The predicted molar refractivity (Wildman–Crippen MR) is 86.4 cm³/mol. The molecule has 2 aliphatic heterocycles. The monoisotopic (exact) mass is 298 g/mol. The van der Waals surface area contributed by atoms with Crippen molar-refractivity contribution < 1.29 is 9.84 Å². The predicted octanol–water partition coefficient (Wildman–Crippen LogP) is 2.46. The summed E-state index contributed by atoms with van der Waals surface area (Å²) in [5.74, 6) is 0. The van der Waals surface area contributed by atoms with E-state index in [1.807, 2.05) is 0 Å². The van der Waals surface area contributed by atoms with E-state index in [4.69, 9.17) is 4.74 Å². The van der Waals surface area contributed by atoms with Crippen LogP contribution in [0.4, 0.5) is 0 Å². The second-order valence-corrected chi connectivity index (χ2v) is 6.65. The molecule has 1 unspecified atom stereocenters. The van der Waals surface area contributed by atoms with Crippen LogP contribution < -0.4 is 0 Å². The number of nitrogens with zero attached hydrogens (tertiary/aromatic N) is 2. The molecular formula is C17H34N2O2. The molecule has 0 aromatic carbocycles. The number of aliphatic hydroxyl groups excluding tert-OH is 1. The molecule has 1 N–H and O–H groups in total. The van der Waals surface area contributed by atoms with Gasteiger partial charge in [0.1, 0.15) is 0 Å². The third-order valence-electron chi connectivity index (χ3n) is 4.74. The minimum Gasteiger partial charge on any atom is -0.367 e. The summed E-state index contributed by atoms with van der Waals surface area (Å²) >= 11 is 0. The van der Waals surface area contributed by atoms with E-state index in [1.54, 1.807) is 0 Å². The largest absolute Gasteiger partial charge is 0.367 e. The number of β-amino-alcohol motifs (C(OH)–C–C–N with tert-alkyl or cyclic N) is 1. The van der Waals surface area contributed by atoms with Gasteiger partial charge in [-0.2, -0.15) is 0 Å². The number of rotatable bonds is 7. The van der Waals surface area contributed by atoms with Gasteiger partial charge < -0.3 is 14.7 Å². The summed E-state index contributed by atoms with van der Waals surface area (Å²) in [5, 5.41) is 10.00. The summed E-state index contributed by atoms with van der Waals surface area (Å²) in [6, 6.07) is 0. The number of hydrogen-bond acceptors (Lipinski definition) is 4. The molecule has 4 heteroatoms. The van der Waals surface area contributed by atoms with E-state index in [9.17, 15) is 5.11 Å². The summed E-state index contributed by atoms with van der Waals surface area (Å²) in [7, 11) is 0. The van der Waals surface area contributed by atoms with Crippen LogP contribution in [0.3, 0.4) is 0 Å². The van der Waals surface area contributed by atoms with Gasteiger partial charge in [0.2, 0.25) is 0 Å². The Kier molecular flexibility index (Phi) is 8.64. The highest BCUT2D eigenvalue weighted by Crippen LogP contribution is 2.11. The van der Waals surface area contributed by atoms with Gasteiger partial charge in [-0.25, -0.2) is 0 Å². The van der Waals surface area contributed by atoms with Crippen molar-refractivity contribution in [3.63, 3.8) is 0 Å². The van der Waals surface area contributed by atoms with Crippen LogP contribution in [-0.2, 0) is 4.74 Å². The van der Waals surface area contributed by atoms with Gasteiger partial charge >= 0.3 is 0 Å². The maximum atomic E-state index is 10.00. The van der Waals surface area contributed by atoms with E-state index in [0.29, 0.717) is 13.2 Å². The Balaban J connectivity index is 1.50. The van der Waals surface area contributed by atoms with Gasteiger partial charge in [0.25, 0.3) is 0 Å². The van der Waals surface area contributed by atoms with Gasteiger partial charge in [-0.3, -0.25) is 4.90 Å². The first-order valence-electron chi connectivity index (χ1n) is 9.09. The molecule has 4 nitrogen and oxygen atoms in total. The number of aliphatic hydroxyl groups is 1. The average Bonchev–Trinajstić information content (AvgIpc) is 2.88. The molecule has 0 spiro atoms. The van der Waals surface area contributed by atoms with Gasteiger partial charge in [-0.15, -0.1) is 0 Å². The Hall–Kier alpha value is -0.160. The fourth-order valence-corrected chi connectivity index (χ4v) is 3.46. The molecule has 2 fully saturated rings. The van der Waals surface area contributed by atoms with Crippen molar-refractivity contribution in [1.29, 1.82) is 0 Å². The van der Waals surface area contributed by atoms with Crippen LogP contribution in [0.1, 0.15) is 57.8 Å². The van der Waals surface area contributed by atoms with Gasteiger partial charge in [-0.05, 0) is 58.3 Å². The maximum absolute atomic E-state index is 10.00. The fraction of sp³-hybridized carbons (Fsp3) is 1.00. The van der Waals surface area contributed by atoms with Crippen molar-refractivity contribution in [2.75, 3.05) is 45.9 Å². The molecule has 2 rings (SSSR count). The Morgan fingerprint density at radius 2 is 1.29 bits per heavy atom. The highest BCUT2D eigenvalue weighted by Gasteiger charge is 2.14. The highest BCUT2D eigenvalue weighted by molar-refractivity contribution is 4.65. The zero-order chi connectivity index (χ0) is 14.8. The lowest BCUT2D eigenvalue weighted by molar-refractivity contribution is -0.114. The summed E-state index contributed by atoms with van der Waals surface area (Å²) in [6.45, 7) is 7.22. The molecule has 0 bridgehead atoms. The van der Waals surface area contributed by atoms with Crippen LogP contribution >= 0.6 is 0 Å². The topological polar surface area (TPSA) is 35.9 Å². The van der Waals surface area contributed by atoms with Crippen molar-refractivity contribution in [2.24, 2.45) is 0 Å². The lowest BCUT2D eigenvalue weighted by Gasteiger charge is -2.24. The van der Waals surface area contributed by atoms with Crippen LogP contribution in [0, 0.1) is 0 Å². The van der Waals surface area contributed by atoms with E-state index in [2.05, 4.69) is 9.80 Å². The summed E-state index contributed by atoms with van der Waals surface area (Å²) < 4.78 is 5.60. The maximum Gasteiger partial charge on any atom is 0.167 e. The van der Waals surface area contributed by atoms with Crippen molar-refractivity contribution in [1.82, 2.24) is 9.80 Å². The molecule has 2 heterocycles. The summed E-state index contributed by atoms with van der Waals surface area (Å²) in [5.41, 5.74) is 0. The molecule has 0 aromatic heterocycles. The molecule has 1 atom stereocenters. The van der Waals surface area contributed by atoms with Gasteiger partial charge in [0, 0.05) is 13.1 Å². The van der Waals surface area contributed by atoms with Gasteiger partial charge in [0.15, 0.2) is 6.29 Å². The highest BCUT2D eigenvalue weighted by atomic mass is 16.6. The van der Waals surface area contributed by atoms with Crippen molar-refractivity contribution in [3.05, 3.63) is 0 Å². The third kappa shape index (κ3) is 7.59. The fourth-order valence-electron chi connectivity index (χ4n) is 3.46. The SMILES string of the molecule is OC(CN1CCCCCC1)OCCCN1CCCCCC1. The quantitative estimate of drug-likeness (QED) is 0.578. The minimum atomic E-state index is -0.604. The zero-order valence-electron chi connectivity index (χ0n) is 13.6.